The third-order valence-corrected chi connectivity index (χ3v) is 4.75. The van der Waals surface area contributed by atoms with E-state index in [0.717, 1.165) is 0 Å². The number of carboxylic acids is 1. The van der Waals surface area contributed by atoms with Gasteiger partial charge in [0.05, 0.1) is 17.5 Å². The van der Waals surface area contributed by atoms with Crippen molar-refractivity contribution >= 4 is 15.8 Å². The largest absolute Gasteiger partial charge is 0.476 e. The Balaban J connectivity index is 2.39. The minimum absolute atomic E-state index is 0.0406. The number of rotatable bonds is 3. The van der Waals surface area contributed by atoms with Crippen LogP contribution >= 0.6 is 0 Å². The summed E-state index contributed by atoms with van der Waals surface area (Å²) in [6.45, 7) is -0.0406. The molecule has 0 bridgehead atoms. The summed E-state index contributed by atoms with van der Waals surface area (Å²) in [6, 6.07) is -0.470. The Kier molecular flexibility index (Phi) is 3.35. The molecular weight excluding hydrogens is 260 g/mol. The zero-order valence-electron chi connectivity index (χ0n) is 9.61. The molecule has 1 fully saturated rings. The van der Waals surface area contributed by atoms with Gasteiger partial charge in [-0.1, -0.05) is 5.21 Å². The molecule has 1 saturated heterocycles. The Hall–Kier alpha value is -1.48. The third kappa shape index (κ3) is 2.36. The van der Waals surface area contributed by atoms with Crippen molar-refractivity contribution in [3.63, 3.8) is 0 Å². The second-order valence-electron chi connectivity index (χ2n) is 4.25. The molecule has 3 N–H and O–H groups in total. The maximum atomic E-state index is 11.6. The van der Waals surface area contributed by atoms with Crippen LogP contribution in [-0.2, 0) is 16.4 Å². The molecule has 0 radical (unpaired) electrons. The highest BCUT2D eigenvalue weighted by atomic mass is 32.2. The number of carbonyl (C=O) groups is 1. The molecule has 0 amide bonds. The van der Waals surface area contributed by atoms with Crippen molar-refractivity contribution in [1.82, 2.24) is 15.0 Å². The minimum atomic E-state index is -3.13. The molecule has 0 aromatic carbocycles. The van der Waals surface area contributed by atoms with Gasteiger partial charge in [-0.2, -0.15) is 0 Å². The highest BCUT2D eigenvalue weighted by Gasteiger charge is 2.31. The van der Waals surface area contributed by atoms with Crippen molar-refractivity contribution < 1.29 is 18.3 Å². The number of sulfone groups is 1. The van der Waals surface area contributed by atoms with E-state index < -0.39 is 21.8 Å². The van der Waals surface area contributed by atoms with Crippen molar-refractivity contribution in [1.29, 1.82) is 0 Å². The molecule has 0 aliphatic carbocycles. The van der Waals surface area contributed by atoms with Gasteiger partial charge in [-0.05, 0) is 12.8 Å². The Morgan fingerprint density at radius 2 is 2.28 bits per heavy atom. The van der Waals surface area contributed by atoms with Gasteiger partial charge in [0.15, 0.2) is 15.5 Å². The van der Waals surface area contributed by atoms with Crippen LogP contribution in [0.5, 0.6) is 0 Å². The summed E-state index contributed by atoms with van der Waals surface area (Å²) in [4.78, 5) is 11.2. The molecule has 1 unspecified atom stereocenters. The lowest BCUT2D eigenvalue weighted by Crippen LogP contribution is -2.30. The maximum absolute atomic E-state index is 11.6. The van der Waals surface area contributed by atoms with E-state index in [-0.39, 0.29) is 29.4 Å². The van der Waals surface area contributed by atoms with Gasteiger partial charge >= 0.3 is 5.97 Å². The average molecular weight is 274 g/mol. The van der Waals surface area contributed by atoms with Crippen molar-refractivity contribution in [2.45, 2.75) is 25.4 Å². The van der Waals surface area contributed by atoms with Crippen molar-refractivity contribution in [3.05, 3.63) is 11.4 Å². The number of hydrogen-bond donors (Lipinski definition) is 2. The van der Waals surface area contributed by atoms with Crippen LogP contribution in [0, 0.1) is 0 Å². The SMILES string of the molecule is NCc1nnn(C2CCCS(=O)(=O)C2)c1C(=O)O. The van der Waals surface area contributed by atoms with Crippen molar-refractivity contribution in [2.24, 2.45) is 5.73 Å². The summed E-state index contributed by atoms with van der Waals surface area (Å²) in [6.07, 6.45) is 1.08. The fraction of sp³-hybridized carbons (Fsp3) is 0.667. The van der Waals surface area contributed by atoms with E-state index in [1.165, 1.54) is 4.68 Å². The molecule has 1 aliphatic rings. The predicted octanol–water partition coefficient (Wildman–Crippen LogP) is -0.815. The van der Waals surface area contributed by atoms with Gasteiger partial charge in [-0.15, -0.1) is 5.10 Å². The molecular formula is C9H14N4O4S. The van der Waals surface area contributed by atoms with E-state index in [0.29, 0.717) is 12.8 Å². The molecule has 2 rings (SSSR count). The summed E-state index contributed by atoms with van der Waals surface area (Å²) in [5.41, 5.74) is 5.45. The van der Waals surface area contributed by atoms with E-state index in [2.05, 4.69) is 10.3 Å². The zero-order chi connectivity index (χ0) is 13.3. The van der Waals surface area contributed by atoms with Crippen LogP contribution in [0.1, 0.15) is 35.1 Å². The Morgan fingerprint density at radius 1 is 1.56 bits per heavy atom. The molecule has 1 aromatic rings. The summed E-state index contributed by atoms with van der Waals surface area (Å²) >= 11 is 0. The molecule has 2 heterocycles. The van der Waals surface area contributed by atoms with E-state index in [9.17, 15) is 13.2 Å². The lowest BCUT2D eigenvalue weighted by molar-refractivity contribution is 0.0678. The number of hydrogen-bond acceptors (Lipinski definition) is 6. The van der Waals surface area contributed by atoms with Crippen LogP contribution in [0.4, 0.5) is 0 Å². The van der Waals surface area contributed by atoms with Gasteiger partial charge in [0.2, 0.25) is 0 Å². The highest BCUT2D eigenvalue weighted by molar-refractivity contribution is 7.91. The molecule has 8 nitrogen and oxygen atoms in total. The summed E-state index contributed by atoms with van der Waals surface area (Å²) in [7, 11) is -3.13. The first-order chi connectivity index (χ1) is 8.44. The molecule has 1 aromatic heterocycles. The summed E-state index contributed by atoms with van der Waals surface area (Å²) in [5.74, 6) is -1.14. The quantitative estimate of drug-likeness (QED) is 0.737. The fourth-order valence-corrected chi connectivity index (χ4v) is 3.80. The van der Waals surface area contributed by atoms with Crippen LogP contribution in [0.2, 0.25) is 0 Å². The molecule has 18 heavy (non-hydrogen) atoms. The Morgan fingerprint density at radius 3 is 2.83 bits per heavy atom. The van der Waals surface area contributed by atoms with Gasteiger partial charge in [-0.25, -0.2) is 17.9 Å². The molecule has 1 atom stereocenters. The molecule has 0 spiro atoms. The third-order valence-electron chi connectivity index (χ3n) is 2.95. The molecule has 100 valence electrons. The zero-order valence-corrected chi connectivity index (χ0v) is 10.4. The molecule has 0 saturated carbocycles. The van der Waals surface area contributed by atoms with E-state index >= 15 is 0 Å². The molecule has 9 heteroatoms. The summed E-state index contributed by atoms with van der Waals surface area (Å²) in [5, 5.41) is 16.6. The number of aromatic nitrogens is 3. The van der Waals surface area contributed by atoms with Gasteiger partial charge < -0.3 is 10.8 Å². The van der Waals surface area contributed by atoms with Gasteiger partial charge in [0.25, 0.3) is 0 Å². The lowest BCUT2D eigenvalue weighted by atomic mass is 10.2. The Labute approximate surface area is 104 Å². The lowest BCUT2D eigenvalue weighted by Gasteiger charge is -2.22. The topological polar surface area (TPSA) is 128 Å². The maximum Gasteiger partial charge on any atom is 0.356 e. The average Bonchev–Trinajstić information content (AvgIpc) is 2.71. The van der Waals surface area contributed by atoms with Gasteiger partial charge in [0, 0.05) is 6.54 Å². The van der Waals surface area contributed by atoms with Crippen LogP contribution < -0.4 is 5.73 Å². The monoisotopic (exact) mass is 274 g/mol. The van der Waals surface area contributed by atoms with Gasteiger partial charge in [-0.3, -0.25) is 0 Å². The number of aromatic carboxylic acids is 1. The van der Waals surface area contributed by atoms with Crippen molar-refractivity contribution in [2.75, 3.05) is 11.5 Å². The highest BCUT2D eigenvalue weighted by Crippen LogP contribution is 2.24. The predicted molar refractivity (Wildman–Crippen MR) is 61.8 cm³/mol. The first-order valence-corrected chi connectivity index (χ1v) is 7.34. The molecule has 1 aliphatic heterocycles. The second-order valence-corrected chi connectivity index (χ2v) is 6.48. The number of carboxylic acid groups (broad SMARTS) is 1. The van der Waals surface area contributed by atoms with Crippen LogP contribution in [0.25, 0.3) is 0 Å². The van der Waals surface area contributed by atoms with Crippen LogP contribution in [0.15, 0.2) is 0 Å². The number of nitrogens with zero attached hydrogens (tertiary/aromatic N) is 3. The first kappa shape index (κ1) is 13.0. The van der Waals surface area contributed by atoms with Crippen molar-refractivity contribution in [3.8, 4) is 0 Å². The fourth-order valence-electron chi connectivity index (χ4n) is 2.13. The van der Waals surface area contributed by atoms with E-state index in [1.54, 1.807) is 0 Å². The smallest absolute Gasteiger partial charge is 0.356 e. The first-order valence-electron chi connectivity index (χ1n) is 5.52. The van der Waals surface area contributed by atoms with E-state index in [4.69, 9.17) is 10.8 Å². The number of nitrogens with two attached hydrogens (primary N) is 1. The normalized spacial score (nSPS) is 22.8. The Bertz CT molecular complexity index is 565. The van der Waals surface area contributed by atoms with Crippen LogP contribution in [-0.4, -0.2) is 46.0 Å². The summed E-state index contributed by atoms with van der Waals surface area (Å²) < 4.78 is 24.3. The standard InChI is InChI=1S/C9H14N4O4S/c10-4-7-8(9(14)15)13(12-11-7)6-2-1-3-18(16,17)5-6/h6H,1-5,10H2,(H,14,15). The van der Waals surface area contributed by atoms with Crippen LogP contribution in [0.3, 0.4) is 0 Å². The van der Waals surface area contributed by atoms with E-state index in [1.807, 2.05) is 0 Å². The van der Waals surface area contributed by atoms with Gasteiger partial charge in [0.1, 0.15) is 5.69 Å². The minimum Gasteiger partial charge on any atom is -0.476 e. The second kappa shape index (κ2) is 4.65.